The number of nitrogens with zero attached hydrogens (tertiary/aromatic N) is 4. The number of nitrogens with one attached hydrogen (secondary N) is 2. The van der Waals surface area contributed by atoms with E-state index in [9.17, 15) is 4.79 Å². The average molecular weight is 350 g/mol. The lowest BCUT2D eigenvalue weighted by molar-refractivity contribution is 0.0955. The van der Waals surface area contributed by atoms with Gasteiger partial charge in [0.1, 0.15) is 17.5 Å². The Bertz CT molecular complexity index is 806. The molecule has 0 aliphatic carbocycles. The number of carbonyl (C=O) groups is 1. The number of aryl methyl sites for hydroxylation is 1. The van der Waals surface area contributed by atoms with Gasteiger partial charge in [-0.05, 0) is 44.0 Å². The predicted molar refractivity (Wildman–Crippen MR) is 100 cm³/mol. The van der Waals surface area contributed by atoms with E-state index in [1.807, 2.05) is 19.1 Å². The van der Waals surface area contributed by atoms with E-state index in [0.29, 0.717) is 24.2 Å². The summed E-state index contributed by atoms with van der Waals surface area (Å²) in [5, 5.41) is 14.9. The number of hydrogen-bond acceptors (Lipinski definition) is 6. The Balaban J connectivity index is 1.50. The molecule has 0 spiro atoms. The van der Waals surface area contributed by atoms with Crippen LogP contribution >= 0.6 is 0 Å². The third kappa shape index (κ3) is 4.48. The van der Waals surface area contributed by atoms with Gasteiger partial charge in [0.2, 0.25) is 0 Å². The molecule has 1 saturated heterocycles. The first-order chi connectivity index (χ1) is 12.7. The van der Waals surface area contributed by atoms with Crippen molar-refractivity contribution >= 4 is 17.5 Å². The summed E-state index contributed by atoms with van der Waals surface area (Å²) in [7, 11) is 0. The van der Waals surface area contributed by atoms with Crippen molar-refractivity contribution in [2.24, 2.45) is 0 Å². The van der Waals surface area contributed by atoms with Crippen LogP contribution in [0.5, 0.6) is 0 Å². The number of rotatable bonds is 6. The van der Waals surface area contributed by atoms with Crippen LogP contribution in [0.25, 0.3) is 0 Å². The fraction of sp³-hybridized carbons (Fsp3) is 0.368. The van der Waals surface area contributed by atoms with Gasteiger partial charge in [-0.15, -0.1) is 0 Å². The number of hydrogen-bond donors (Lipinski definition) is 2. The minimum Gasteiger partial charge on any atom is -0.368 e. The molecule has 0 saturated carbocycles. The van der Waals surface area contributed by atoms with Crippen molar-refractivity contribution in [2.45, 2.75) is 19.8 Å². The first-order valence-corrected chi connectivity index (χ1v) is 8.78. The SMILES string of the molecule is Cc1nc(NCCNC(=O)c2ccc(C#N)cc2)cc(N2CCCC2)n1. The summed E-state index contributed by atoms with van der Waals surface area (Å²) < 4.78 is 0. The quantitative estimate of drug-likeness (QED) is 0.775. The third-order valence-electron chi connectivity index (χ3n) is 4.25. The topological polar surface area (TPSA) is 93.9 Å². The third-order valence-corrected chi connectivity index (χ3v) is 4.25. The van der Waals surface area contributed by atoms with E-state index in [4.69, 9.17) is 5.26 Å². The van der Waals surface area contributed by atoms with E-state index in [1.54, 1.807) is 24.3 Å². The molecule has 7 nitrogen and oxygen atoms in total. The molecule has 1 aromatic carbocycles. The Kier molecular flexibility index (Phi) is 5.64. The van der Waals surface area contributed by atoms with E-state index in [0.717, 1.165) is 30.5 Å². The Labute approximate surface area is 153 Å². The number of amides is 1. The smallest absolute Gasteiger partial charge is 0.251 e. The molecule has 1 fully saturated rings. The number of nitriles is 1. The van der Waals surface area contributed by atoms with Crippen molar-refractivity contribution in [2.75, 3.05) is 36.4 Å². The zero-order chi connectivity index (χ0) is 18.4. The van der Waals surface area contributed by atoms with Gasteiger partial charge in [-0.2, -0.15) is 5.26 Å². The highest BCUT2D eigenvalue weighted by atomic mass is 16.1. The lowest BCUT2D eigenvalue weighted by Gasteiger charge is -2.17. The number of aromatic nitrogens is 2. The van der Waals surface area contributed by atoms with Gasteiger partial charge in [0.05, 0.1) is 11.6 Å². The van der Waals surface area contributed by atoms with Crippen LogP contribution in [0.3, 0.4) is 0 Å². The molecular weight excluding hydrogens is 328 g/mol. The molecule has 2 N–H and O–H groups in total. The van der Waals surface area contributed by atoms with E-state index in [2.05, 4.69) is 25.5 Å². The van der Waals surface area contributed by atoms with Crippen molar-refractivity contribution in [3.05, 3.63) is 47.3 Å². The molecule has 1 aliphatic heterocycles. The average Bonchev–Trinajstić information content (AvgIpc) is 3.19. The van der Waals surface area contributed by atoms with Crippen LogP contribution in [0.15, 0.2) is 30.3 Å². The van der Waals surface area contributed by atoms with Gasteiger partial charge in [0, 0.05) is 37.8 Å². The highest BCUT2D eigenvalue weighted by Gasteiger charge is 2.15. The van der Waals surface area contributed by atoms with Crippen LogP contribution in [0.2, 0.25) is 0 Å². The lowest BCUT2D eigenvalue weighted by Crippen LogP contribution is -2.29. The van der Waals surface area contributed by atoms with E-state index in [-0.39, 0.29) is 5.91 Å². The second-order valence-electron chi connectivity index (χ2n) is 6.22. The largest absolute Gasteiger partial charge is 0.368 e. The van der Waals surface area contributed by atoms with E-state index < -0.39 is 0 Å². The van der Waals surface area contributed by atoms with Crippen LogP contribution in [-0.4, -0.2) is 42.1 Å². The fourth-order valence-corrected chi connectivity index (χ4v) is 2.92. The van der Waals surface area contributed by atoms with Gasteiger partial charge in [-0.25, -0.2) is 9.97 Å². The van der Waals surface area contributed by atoms with Crippen molar-refractivity contribution in [3.8, 4) is 6.07 Å². The molecule has 7 heteroatoms. The Hall–Kier alpha value is -3.14. The molecule has 1 amide bonds. The van der Waals surface area contributed by atoms with Crippen LogP contribution in [0, 0.1) is 18.3 Å². The lowest BCUT2D eigenvalue weighted by atomic mass is 10.1. The number of anilines is 2. The zero-order valence-electron chi connectivity index (χ0n) is 14.8. The first-order valence-electron chi connectivity index (χ1n) is 8.78. The second-order valence-corrected chi connectivity index (χ2v) is 6.22. The molecule has 1 aliphatic rings. The summed E-state index contributed by atoms with van der Waals surface area (Å²) in [6, 6.07) is 10.6. The second kappa shape index (κ2) is 8.30. The maximum Gasteiger partial charge on any atom is 0.251 e. The molecule has 0 radical (unpaired) electrons. The summed E-state index contributed by atoms with van der Waals surface area (Å²) in [6.07, 6.45) is 2.40. The van der Waals surface area contributed by atoms with Gasteiger partial charge >= 0.3 is 0 Å². The highest BCUT2D eigenvalue weighted by Crippen LogP contribution is 2.20. The van der Waals surface area contributed by atoms with Crippen LogP contribution in [0.4, 0.5) is 11.6 Å². The highest BCUT2D eigenvalue weighted by molar-refractivity contribution is 5.94. The molecule has 134 valence electrons. The molecule has 0 bridgehead atoms. The maximum absolute atomic E-state index is 12.1. The molecule has 3 rings (SSSR count). The normalized spacial score (nSPS) is 13.3. The first kappa shape index (κ1) is 17.7. The molecule has 26 heavy (non-hydrogen) atoms. The maximum atomic E-state index is 12.1. The summed E-state index contributed by atoms with van der Waals surface area (Å²) >= 11 is 0. The Morgan fingerprint density at radius 3 is 2.62 bits per heavy atom. The van der Waals surface area contributed by atoms with Gasteiger partial charge < -0.3 is 15.5 Å². The molecular formula is C19H22N6O. The van der Waals surface area contributed by atoms with E-state index >= 15 is 0 Å². The molecule has 2 aromatic rings. The van der Waals surface area contributed by atoms with Crippen molar-refractivity contribution < 1.29 is 4.79 Å². The molecule has 2 heterocycles. The molecule has 0 unspecified atom stereocenters. The minimum absolute atomic E-state index is 0.159. The van der Waals surface area contributed by atoms with Gasteiger partial charge in [0.15, 0.2) is 0 Å². The fourth-order valence-electron chi connectivity index (χ4n) is 2.92. The van der Waals surface area contributed by atoms with Crippen molar-refractivity contribution in [3.63, 3.8) is 0 Å². The number of carbonyl (C=O) groups excluding carboxylic acids is 1. The zero-order valence-corrected chi connectivity index (χ0v) is 14.8. The van der Waals surface area contributed by atoms with Gasteiger partial charge in [-0.3, -0.25) is 4.79 Å². The molecule has 0 atom stereocenters. The monoisotopic (exact) mass is 350 g/mol. The van der Waals surface area contributed by atoms with Crippen LogP contribution < -0.4 is 15.5 Å². The Morgan fingerprint density at radius 1 is 1.19 bits per heavy atom. The summed E-state index contributed by atoms with van der Waals surface area (Å²) in [6.45, 7) is 5.00. The summed E-state index contributed by atoms with van der Waals surface area (Å²) in [4.78, 5) is 23.3. The van der Waals surface area contributed by atoms with Crippen LogP contribution in [0.1, 0.15) is 34.6 Å². The van der Waals surface area contributed by atoms with Crippen molar-refractivity contribution in [1.29, 1.82) is 5.26 Å². The molecule has 1 aromatic heterocycles. The minimum atomic E-state index is -0.159. The number of benzene rings is 1. The van der Waals surface area contributed by atoms with Crippen LogP contribution in [-0.2, 0) is 0 Å². The summed E-state index contributed by atoms with van der Waals surface area (Å²) in [5.41, 5.74) is 1.08. The predicted octanol–water partition coefficient (Wildman–Crippen LogP) is 2.10. The van der Waals surface area contributed by atoms with Gasteiger partial charge in [-0.1, -0.05) is 0 Å². The van der Waals surface area contributed by atoms with Gasteiger partial charge in [0.25, 0.3) is 5.91 Å². The van der Waals surface area contributed by atoms with Crippen molar-refractivity contribution in [1.82, 2.24) is 15.3 Å². The summed E-state index contributed by atoms with van der Waals surface area (Å²) in [5.74, 6) is 2.30. The standard InChI is InChI=1S/C19H22N6O/c1-14-23-17(12-18(24-14)25-10-2-3-11-25)21-8-9-22-19(26)16-6-4-15(13-20)5-7-16/h4-7,12H,2-3,8-11H2,1H3,(H,22,26)(H,21,23,24). The Morgan fingerprint density at radius 2 is 1.92 bits per heavy atom. The van der Waals surface area contributed by atoms with E-state index in [1.165, 1.54) is 12.8 Å².